The molecule has 0 aromatic carbocycles. The zero-order chi connectivity index (χ0) is 20.3. The van der Waals surface area contributed by atoms with Crippen molar-refractivity contribution in [3.05, 3.63) is 0 Å². The smallest absolute Gasteiger partial charge is 0.329 e. The molecule has 0 unspecified atom stereocenters. The SMILES string of the molecule is CSCC[C@@H](NC(N)=O)C(=O)OCC(=O)N[C@H](C)C12CC3CC(CC(C3)C1)C2. The monoisotopic (exact) mass is 411 g/mol. The molecule has 4 bridgehead atoms. The molecular weight excluding hydrogens is 378 g/mol. The van der Waals surface area contributed by atoms with E-state index in [2.05, 4.69) is 17.6 Å². The summed E-state index contributed by atoms with van der Waals surface area (Å²) in [6.45, 7) is 1.77. The molecular formula is C20H33N3O4S. The van der Waals surface area contributed by atoms with Crippen LogP contribution in [-0.2, 0) is 14.3 Å². The Kier molecular flexibility index (Phi) is 6.78. The summed E-state index contributed by atoms with van der Waals surface area (Å²) in [6.07, 6.45) is 10.0. The Hall–Kier alpha value is -1.44. The van der Waals surface area contributed by atoms with Gasteiger partial charge < -0.3 is 21.1 Å². The molecule has 0 radical (unpaired) electrons. The summed E-state index contributed by atoms with van der Waals surface area (Å²) in [5.74, 6) is 2.24. The molecule has 0 heterocycles. The van der Waals surface area contributed by atoms with Crippen LogP contribution in [0.3, 0.4) is 0 Å². The predicted molar refractivity (Wildman–Crippen MR) is 109 cm³/mol. The fraction of sp³-hybridized carbons (Fsp3) is 0.850. The minimum absolute atomic E-state index is 0.0862. The number of carbonyl (C=O) groups excluding carboxylic acids is 3. The van der Waals surface area contributed by atoms with Crippen LogP contribution in [0.1, 0.15) is 51.9 Å². The van der Waals surface area contributed by atoms with E-state index in [9.17, 15) is 14.4 Å². The number of hydrogen-bond acceptors (Lipinski definition) is 5. The summed E-state index contributed by atoms with van der Waals surface area (Å²) in [6, 6.07) is -1.51. The fourth-order valence-corrected chi connectivity index (χ4v) is 6.51. The topological polar surface area (TPSA) is 111 Å². The van der Waals surface area contributed by atoms with Crippen LogP contribution in [0.25, 0.3) is 0 Å². The van der Waals surface area contributed by atoms with Crippen molar-refractivity contribution in [3.8, 4) is 0 Å². The van der Waals surface area contributed by atoms with Gasteiger partial charge in [0.1, 0.15) is 6.04 Å². The molecule has 2 atom stereocenters. The minimum Gasteiger partial charge on any atom is -0.454 e. The molecule has 4 aliphatic rings. The van der Waals surface area contributed by atoms with Gasteiger partial charge in [0.25, 0.3) is 5.91 Å². The van der Waals surface area contributed by atoms with E-state index in [4.69, 9.17) is 10.5 Å². The van der Waals surface area contributed by atoms with Crippen molar-refractivity contribution in [1.29, 1.82) is 0 Å². The Morgan fingerprint density at radius 2 is 1.68 bits per heavy atom. The molecule has 4 N–H and O–H groups in total. The van der Waals surface area contributed by atoms with Gasteiger partial charge in [-0.25, -0.2) is 9.59 Å². The molecule has 0 aromatic heterocycles. The number of nitrogens with two attached hydrogens (primary N) is 1. The van der Waals surface area contributed by atoms with Gasteiger partial charge in [-0.2, -0.15) is 11.8 Å². The first-order valence-corrected chi connectivity index (χ1v) is 11.7. The third-order valence-corrected chi connectivity index (χ3v) is 7.58. The largest absolute Gasteiger partial charge is 0.454 e. The molecule has 0 aliphatic heterocycles. The number of hydrogen-bond donors (Lipinski definition) is 3. The number of amides is 3. The van der Waals surface area contributed by atoms with Crippen LogP contribution in [0.2, 0.25) is 0 Å². The average molecular weight is 412 g/mol. The van der Waals surface area contributed by atoms with E-state index in [1.54, 1.807) is 11.8 Å². The van der Waals surface area contributed by atoms with Crippen molar-refractivity contribution < 1.29 is 19.1 Å². The van der Waals surface area contributed by atoms with E-state index in [1.165, 1.54) is 38.5 Å². The maximum atomic E-state index is 12.4. The molecule has 7 nitrogen and oxygen atoms in total. The van der Waals surface area contributed by atoms with E-state index >= 15 is 0 Å². The normalized spacial score (nSPS) is 32.4. The highest BCUT2D eigenvalue weighted by Crippen LogP contribution is 2.61. The minimum atomic E-state index is -0.821. The Balaban J connectivity index is 1.48. The quantitative estimate of drug-likeness (QED) is 0.503. The number of carbonyl (C=O) groups is 3. The van der Waals surface area contributed by atoms with Gasteiger partial charge in [-0.05, 0) is 87.0 Å². The first kappa shape index (κ1) is 21.3. The van der Waals surface area contributed by atoms with Crippen LogP contribution in [0, 0.1) is 23.2 Å². The van der Waals surface area contributed by atoms with Crippen molar-refractivity contribution in [2.45, 2.75) is 64.0 Å². The molecule has 4 rings (SSSR count). The summed E-state index contributed by atoms with van der Waals surface area (Å²) in [4.78, 5) is 35.7. The molecule has 4 saturated carbocycles. The maximum Gasteiger partial charge on any atom is 0.329 e. The Bertz CT molecular complexity index is 577. The summed E-state index contributed by atoms with van der Waals surface area (Å²) >= 11 is 1.56. The molecule has 4 aliphatic carbocycles. The lowest BCUT2D eigenvalue weighted by Gasteiger charge is -2.59. The zero-order valence-electron chi connectivity index (χ0n) is 16.9. The summed E-state index contributed by atoms with van der Waals surface area (Å²) in [5.41, 5.74) is 5.34. The highest BCUT2D eigenvalue weighted by molar-refractivity contribution is 7.98. The lowest BCUT2D eigenvalue weighted by Crippen LogP contribution is -2.56. The molecule has 0 aromatic rings. The van der Waals surface area contributed by atoms with Gasteiger partial charge in [-0.15, -0.1) is 0 Å². The Morgan fingerprint density at radius 1 is 1.11 bits per heavy atom. The van der Waals surface area contributed by atoms with Crippen LogP contribution in [0.15, 0.2) is 0 Å². The van der Waals surface area contributed by atoms with Crippen molar-refractivity contribution in [1.82, 2.24) is 10.6 Å². The predicted octanol–water partition coefficient (Wildman–Crippen LogP) is 2.04. The molecule has 4 fully saturated rings. The fourth-order valence-electron chi connectivity index (χ4n) is 6.04. The van der Waals surface area contributed by atoms with E-state index in [0.29, 0.717) is 12.2 Å². The second kappa shape index (κ2) is 8.93. The zero-order valence-corrected chi connectivity index (χ0v) is 17.7. The lowest BCUT2D eigenvalue weighted by atomic mass is 9.48. The van der Waals surface area contributed by atoms with Crippen molar-refractivity contribution >= 4 is 29.7 Å². The molecule has 0 spiro atoms. The van der Waals surface area contributed by atoms with Gasteiger partial charge in [0.05, 0.1) is 0 Å². The van der Waals surface area contributed by atoms with Crippen LogP contribution >= 0.6 is 11.8 Å². The molecule has 158 valence electrons. The van der Waals surface area contributed by atoms with Gasteiger partial charge >= 0.3 is 12.0 Å². The molecule has 0 saturated heterocycles. The van der Waals surface area contributed by atoms with Gasteiger partial charge in [0, 0.05) is 6.04 Å². The van der Waals surface area contributed by atoms with E-state index < -0.39 is 18.0 Å². The first-order valence-electron chi connectivity index (χ1n) is 10.3. The van der Waals surface area contributed by atoms with Crippen LogP contribution in [0.4, 0.5) is 4.79 Å². The summed E-state index contributed by atoms with van der Waals surface area (Å²) < 4.78 is 5.15. The third-order valence-electron chi connectivity index (χ3n) is 6.94. The number of rotatable bonds is 9. The van der Waals surface area contributed by atoms with Gasteiger partial charge in [0.2, 0.25) is 0 Å². The first-order chi connectivity index (χ1) is 13.3. The molecule has 8 heteroatoms. The number of primary amides is 1. The van der Waals surface area contributed by atoms with Gasteiger partial charge in [-0.3, -0.25) is 4.79 Å². The second-order valence-electron chi connectivity index (χ2n) is 9.02. The summed E-state index contributed by atoms with van der Waals surface area (Å²) in [5, 5.41) is 5.47. The highest BCUT2D eigenvalue weighted by atomic mass is 32.2. The summed E-state index contributed by atoms with van der Waals surface area (Å²) in [7, 11) is 0. The Morgan fingerprint density at radius 3 is 2.18 bits per heavy atom. The second-order valence-corrected chi connectivity index (χ2v) is 10.0. The number of urea groups is 1. The molecule has 28 heavy (non-hydrogen) atoms. The number of ether oxygens (including phenoxy) is 1. The lowest BCUT2D eigenvalue weighted by molar-refractivity contribution is -0.151. The van der Waals surface area contributed by atoms with Crippen LogP contribution in [-0.4, -0.2) is 48.6 Å². The van der Waals surface area contributed by atoms with E-state index in [1.807, 2.05) is 6.26 Å². The average Bonchev–Trinajstić information content (AvgIpc) is 2.61. The molecule has 3 amide bonds. The van der Waals surface area contributed by atoms with E-state index in [-0.39, 0.29) is 24.0 Å². The van der Waals surface area contributed by atoms with Crippen molar-refractivity contribution in [2.75, 3.05) is 18.6 Å². The van der Waals surface area contributed by atoms with Crippen LogP contribution < -0.4 is 16.4 Å². The number of thioether (sulfide) groups is 1. The maximum absolute atomic E-state index is 12.4. The standard InChI is InChI=1S/C20H33N3O4S/c1-12(20-8-13-5-14(9-20)7-15(6-13)10-20)22-17(24)11-27-18(25)16(3-4-28-2)23-19(21)26/h12-16H,3-11H2,1-2H3,(H,22,24)(H3,21,23,26)/t12-,13?,14?,15?,16-,20?/m1/s1. The van der Waals surface area contributed by atoms with Gasteiger partial charge in [-0.1, -0.05) is 0 Å². The number of nitrogens with one attached hydrogen (secondary N) is 2. The third kappa shape index (κ3) is 4.93. The van der Waals surface area contributed by atoms with Crippen LogP contribution in [0.5, 0.6) is 0 Å². The van der Waals surface area contributed by atoms with E-state index in [0.717, 1.165) is 17.8 Å². The Labute approximate surface area is 171 Å². The van der Waals surface area contributed by atoms with Gasteiger partial charge in [0.15, 0.2) is 6.61 Å². The van der Waals surface area contributed by atoms with Crippen molar-refractivity contribution in [3.63, 3.8) is 0 Å². The highest BCUT2D eigenvalue weighted by Gasteiger charge is 2.53. The number of esters is 1. The van der Waals surface area contributed by atoms with Crippen molar-refractivity contribution in [2.24, 2.45) is 28.9 Å².